The maximum absolute atomic E-state index is 12.4. The smallest absolute Gasteiger partial charge is 0.323 e. The molecular weight excluding hydrogens is 264 g/mol. The van der Waals surface area contributed by atoms with E-state index in [0.29, 0.717) is 19.7 Å². The first-order chi connectivity index (χ1) is 9.58. The minimum atomic E-state index is -1.03. The Kier molecular flexibility index (Phi) is 7.32. The van der Waals surface area contributed by atoms with Crippen molar-refractivity contribution in [1.82, 2.24) is 9.80 Å². The molecule has 0 aromatic carbocycles. The summed E-state index contributed by atoms with van der Waals surface area (Å²) in [5, 5.41) is 8.89. The number of rotatable bonds is 8. The van der Waals surface area contributed by atoms with E-state index in [1.165, 1.54) is 12.0 Å². The van der Waals surface area contributed by atoms with Gasteiger partial charge in [-0.3, -0.25) is 4.79 Å². The lowest BCUT2D eigenvalue weighted by atomic mass is 10.2. The molecule has 0 spiro atoms. The van der Waals surface area contributed by atoms with E-state index in [9.17, 15) is 9.59 Å². The van der Waals surface area contributed by atoms with Gasteiger partial charge in [-0.1, -0.05) is 0 Å². The monoisotopic (exact) mass is 288 g/mol. The number of urea groups is 1. The van der Waals surface area contributed by atoms with Gasteiger partial charge in [0.15, 0.2) is 0 Å². The summed E-state index contributed by atoms with van der Waals surface area (Å²) >= 11 is 0. The van der Waals surface area contributed by atoms with Crippen molar-refractivity contribution in [2.24, 2.45) is 0 Å². The Labute approximate surface area is 119 Å². The molecule has 0 aliphatic carbocycles. The van der Waals surface area contributed by atoms with E-state index in [-0.39, 0.29) is 25.2 Å². The molecule has 1 unspecified atom stereocenters. The largest absolute Gasteiger partial charge is 0.480 e. The summed E-state index contributed by atoms with van der Waals surface area (Å²) in [6.45, 7) is 3.92. The molecule has 20 heavy (non-hydrogen) atoms. The van der Waals surface area contributed by atoms with Crippen LogP contribution in [0, 0.1) is 0 Å². The predicted octanol–water partition coefficient (Wildman–Crippen LogP) is 0.640. The van der Waals surface area contributed by atoms with Crippen LogP contribution in [0.5, 0.6) is 0 Å². The van der Waals surface area contributed by atoms with Crippen molar-refractivity contribution in [3.8, 4) is 0 Å². The number of hydrogen-bond donors (Lipinski definition) is 1. The first-order valence-electron chi connectivity index (χ1n) is 6.94. The first kappa shape index (κ1) is 16.7. The Morgan fingerprint density at radius 1 is 1.40 bits per heavy atom. The van der Waals surface area contributed by atoms with Crippen LogP contribution in [-0.4, -0.2) is 79.5 Å². The first-order valence-corrected chi connectivity index (χ1v) is 6.94. The van der Waals surface area contributed by atoms with Crippen LogP contribution < -0.4 is 0 Å². The number of carboxylic acids is 1. The third-order valence-electron chi connectivity index (χ3n) is 3.26. The van der Waals surface area contributed by atoms with Crippen molar-refractivity contribution in [2.45, 2.75) is 25.9 Å². The lowest BCUT2D eigenvalue weighted by Gasteiger charge is -2.30. The highest BCUT2D eigenvalue weighted by molar-refractivity contribution is 5.80. The van der Waals surface area contributed by atoms with Crippen LogP contribution in [0.2, 0.25) is 0 Å². The van der Waals surface area contributed by atoms with E-state index >= 15 is 0 Å². The molecule has 1 heterocycles. The van der Waals surface area contributed by atoms with Crippen LogP contribution in [0.25, 0.3) is 0 Å². The summed E-state index contributed by atoms with van der Waals surface area (Å²) in [5.74, 6) is -1.03. The van der Waals surface area contributed by atoms with Gasteiger partial charge in [0.1, 0.15) is 6.54 Å². The van der Waals surface area contributed by atoms with Gasteiger partial charge in [0, 0.05) is 33.4 Å². The molecule has 1 rings (SSSR count). The maximum atomic E-state index is 12.4. The quantitative estimate of drug-likeness (QED) is 0.709. The van der Waals surface area contributed by atoms with Gasteiger partial charge in [-0.15, -0.1) is 0 Å². The number of carboxylic acid groups (broad SMARTS) is 1. The molecule has 1 aliphatic rings. The zero-order valence-corrected chi connectivity index (χ0v) is 12.2. The highest BCUT2D eigenvalue weighted by atomic mass is 16.5. The van der Waals surface area contributed by atoms with E-state index in [4.69, 9.17) is 14.6 Å². The average Bonchev–Trinajstić information content (AvgIpc) is 2.92. The van der Waals surface area contributed by atoms with Crippen LogP contribution in [0.3, 0.4) is 0 Å². The number of carbonyl (C=O) groups excluding carboxylic acids is 1. The minimum absolute atomic E-state index is 0.0630. The number of amides is 2. The zero-order valence-electron chi connectivity index (χ0n) is 12.2. The summed E-state index contributed by atoms with van der Waals surface area (Å²) in [5.41, 5.74) is 0. The summed E-state index contributed by atoms with van der Waals surface area (Å²) in [6.07, 6.45) is 2.02. The average molecular weight is 288 g/mol. The third-order valence-corrected chi connectivity index (χ3v) is 3.26. The van der Waals surface area contributed by atoms with Crippen LogP contribution in [0.15, 0.2) is 0 Å². The Hall–Kier alpha value is -1.34. The molecule has 7 heteroatoms. The molecule has 0 radical (unpaired) electrons. The fourth-order valence-corrected chi connectivity index (χ4v) is 2.18. The fraction of sp³-hybridized carbons (Fsp3) is 0.846. The van der Waals surface area contributed by atoms with Gasteiger partial charge < -0.3 is 24.4 Å². The fourth-order valence-electron chi connectivity index (χ4n) is 2.18. The molecule has 7 nitrogen and oxygen atoms in total. The van der Waals surface area contributed by atoms with Gasteiger partial charge in [0.2, 0.25) is 0 Å². The van der Waals surface area contributed by atoms with Crippen LogP contribution in [-0.2, 0) is 14.3 Å². The number of carbonyl (C=O) groups is 2. The third kappa shape index (κ3) is 5.34. The van der Waals surface area contributed by atoms with Crippen molar-refractivity contribution in [1.29, 1.82) is 0 Å². The molecule has 0 aromatic heterocycles. The lowest BCUT2D eigenvalue weighted by Crippen LogP contribution is -2.48. The van der Waals surface area contributed by atoms with E-state index in [0.717, 1.165) is 19.4 Å². The minimum Gasteiger partial charge on any atom is -0.480 e. The number of methoxy groups -OCH3 is 1. The summed E-state index contributed by atoms with van der Waals surface area (Å²) in [4.78, 5) is 26.2. The van der Waals surface area contributed by atoms with Gasteiger partial charge in [0.05, 0.1) is 12.7 Å². The summed E-state index contributed by atoms with van der Waals surface area (Å²) in [7, 11) is 1.52. The number of nitrogens with zero attached hydrogens (tertiary/aromatic N) is 2. The SMILES string of the molecule is CCN(CC1CCCO1)C(=O)N(CCOC)CC(=O)O. The highest BCUT2D eigenvalue weighted by Crippen LogP contribution is 2.14. The molecule has 0 aromatic rings. The molecule has 0 bridgehead atoms. The summed E-state index contributed by atoms with van der Waals surface area (Å²) < 4.78 is 10.4. The molecule has 1 aliphatic heterocycles. The van der Waals surface area contributed by atoms with Crippen LogP contribution >= 0.6 is 0 Å². The molecular formula is C13H24N2O5. The number of aliphatic carboxylic acids is 1. The topological polar surface area (TPSA) is 79.3 Å². The molecule has 1 saturated heterocycles. The van der Waals surface area contributed by atoms with Crippen molar-refractivity contribution >= 4 is 12.0 Å². The maximum Gasteiger partial charge on any atom is 0.323 e. The van der Waals surface area contributed by atoms with E-state index in [1.807, 2.05) is 6.92 Å². The Morgan fingerprint density at radius 2 is 2.15 bits per heavy atom. The molecule has 1 N–H and O–H groups in total. The van der Waals surface area contributed by atoms with Gasteiger partial charge in [-0.05, 0) is 19.8 Å². The van der Waals surface area contributed by atoms with Crippen molar-refractivity contribution in [3.05, 3.63) is 0 Å². The molecule has 1 atom stereocenters. The highest BCUT2D eigenvalue weighted by Gasteiger charge is 2.26. The van der Waals surface area contributed by atoms with Gasteiger partial charge in [-0.2, -0.15) is 0 Å². The summed E-state index contributed by atoms with van der Waals surface area (Å²) in [6, 6.07) is -0.276. The van der Waals surface area contributed by atoms with E-state index < -0.39 is 5.97 Å². The normalized spacial score (nSPS) is 18.0. The Morgan fingerprint density at radius 3 is 2.65 bits per heavy atom. The molecule has 0 saturated carbocycles. The standard InChI is InChI=1S/C13H24N2O5/c1-3-14(9-11-5-4-7-20-11)13(18)15(6-8-19-2)10-12(16)17/h11H,3-10H2,1-2H3,(H,16,17). The molecule has 116 valence electrons. The molecule has 2 amide bonds. The van der Waals surface area contributed by atoms with Crippen LogP contribution in [0.4, 0.5) is 4.79 Å². The predicted molar refractivity (Wildman–Crippen MR) is 72.7 cm³/mol. The van der Waals surface area contributed by atoms with E-state index in [2.05, 4.69) is 0 Å². The number of hydrogen-bond acceptors (Lipinski definition) is 4. The Bertz CT molecular complexity index is 318. The van der Waals surface area contributed by atoms with Gasteiger partial charge in [-0.25, -0.2) is 4.79 Å². The lowest BCUT2D eigenvalue weighted by molar-refractivity contribution is -0.137. The van der Waals surface area contributed by atoms with Crippen molar-refractivity contribution in [2.75, 3.05) is 46.5 Å². The van der Waals surface area contributed by atoms with E-state index in [1.54, 1.807) is 4.90 Å². The van der Waals surface area contributed by atoms with Gasteiger partial charge >= 0.3 is 12.0 Å². The molecule has 1 fully saturated rings. The number of likely N-dealkylation sites (N-methyl/N-ethyl adjacent to an activating group) is 1. The van der Waals surface area contributed by atoms with Crippen molar-refractivity contribution in [3.63, 3.8) is 0 Å². The second kappa shape index (κ2) is 8.76. The number of ether oxygens (including phenoxy) is 2. The van der Waals surface area contributed by atoms with Gasteiger partial charge in [0.25, 0.3) is 0 Å². The Balaban J connectivity index is 2.59. The zero-order chi connectivity index (χ0) is 15.0. The van der Waals surface area contributed by atoms with Crippen molar-refractivity contribution < 1.29 is 24.2 Å². The second-order valence-corrected chi connectivity index (χ2v) is 4.76. The van der Waals surface area contributed by atoms with Crippen LogP contribution in [0.1, 0.15) is 19.8 Å². The second-order valence-electron chi connectivity index (χ2n) is 4.76.